The van der Waals surface area contributed by atoms with Crippen LogP contribution in [0.25, 0.3) is 11.0 Å². The second-order valence-corrected chi connectivity index (χ2v) is 4.82. The smallest absolute Gasteiger partial charge is 0.406 e. The molecule has 1 amide bonds. The third-order valence-electron chi connectivity index (χ3n) is 2.70. The van der Waals surface area contributed by atoms with E-state index in [9.17, 15) is 18.0 Å². The Hall–Kier alpha value is -1.95. The summed E-state index contributed by atoms with van der Waals surface area (Å²) in [6, 6.07) is 6.06. The molecule has 1 aromatic carbocycles. The lowest BCUT2D eigenvalue weighted by molar-refractivity contribution is -0.139. The van der Waals surface area contributed by atoms with Gasteiger partial charge in [-0.15, -0.1) is 6.58 Å². The van der Waals surface area contributed by atoms with E-state index in [0.717, 1.165) is 0 Å². The second-order valence-electron chi connectivity index (χ2n) is 4.38. The highest BCUT2D eigenvalue weighted by Crippen LogP contribution is 2.25. The van der Waals surface area contributed by atoms with Gasteiger partial charge in [-0.1, -0.05) is 17.7 Å². The summed E-state index contributed by atoms with van der Waals surface area (Å²) in [7, 11) is 0. The maximum atomic E-state index is 12.5. The first-order valence-corrected chi connectivity index (χ1v) is 6.34. The second kappa shape index (κ2) is 5.81. The number of rotatable bonds is 4. The highest BCUT2D eigenvalue weighted by molar-refractivity contribution is 6.31. The van der Waals surface area contributed by atoms with Crippen molar-refractivity contribution < 1.29 is 22.4 Å². The normalized spacial score (nSPS) is 11.6. The van der Waals surface area contributed by atoms with Crippen LogP contribution in [0.2, 0.25) is 5.02 Å². The SMILES string of the molecule is C=CCN(CC(F)(F)F)C(=O)c1cc2cc(Cl)ccc2o1. The van der Waals surface area contributed by atoms with Crippen LogP contribution in [0, 0.1) is 0 Å². The molecule has 0 aliphatic heterocycles. The van der Waals surface area contributed by atoms with Crippen molar-refractivity contribution in [1.82, 2.24) is 4.90 Å². The molecule has 2 rings (SSSR count). The number of amides is 1. The standard InChI is InChI=1S/C14H11ClF3NO2/c1-2-5-19(8-14(16,17)18)13(20)12-7-9-6-10(15)3-4-11(9)21-12/h2-4,6-7H,1,5,8H2. The number of fused-ring (bicyclic) bond motifs is 1. The predicted octanol–water partition coefficient (Wildman–Crippen LogP) is 4.28. The van der Waals surface area contributed by atoms with Gasteiger partial charge in [-0.25, -0.2) is 0 Å². The van der Waals surface area contributed by atoms with Crippen LogP contribution in [0.5, 0.6) is 0 Å². The fourth-order valence-corrected chi connectivity index (χ4v) is 2.05. The summed E-state index contributed by atoms with van der Waals surface area (Å²) >= 11 is 5.81. The Balaban J connectivity index is 2.31. The highest BCUT2D eigenvalue weighted by Gasteiger charge is 2.33. The number of benzene rings is 1. The lowest BCUT2D eigenvalue weighted by Gasteiger charge is -2.21. The number of carbonyl (C=O) groups excluding carboxylic acids is 1. The highest BCUT2D eigenvalue weighted by atomic mass is 35.5. The predicted molar refractivity (Wildman–Crippen MR) is 73.4 cm³/mol. The van der Waals surface area contributed by atoms with E-state index >= 15 is 0 Å². The van der Waals surface area contributed by atoms with Gasteiger partial charge in [0.05, 0.1) is 0 Å². The van der Waals surface area contributed by atoms with E-state index < -0.39 is 18.6 Å². The van der Waals surface area contributed by atoms with Gasteiger partial charge in [0.1, 0.15) is 12.1 Å². The molecule has 21 heavy (non-hydrogen) atoms. The fourth-order valence-electron chi connectivity index (χ4n) is 1.87. The molecule has 3 nitrogen and oxygen atoms in total. The zero-order valence-electron chi connectivity index (χ0n) is 10.8. The number of carbonyl (C=O) groups is 1. The van der Waals surface area contributed by atoms with Crippen molar-refractivity contribution >= 4 is 28.5 Å². The Morgan fingerprint density at radius 3 is 2.71 bits per heavy atom. The van der Waals surface area contributed by atoms with E-state index in [1.165, 1.54) is 12.1 Å². The quantitative estimate of drug-likeness (QED) is 0.789. The number of nitrogens with zero attached hydrogens (tertiary/aromatic N) is 1. The molecule has 7 heteroatoms. The summed E-state index contributed by atoms with van der Waals surface area (Å²) in [6.07, 6.45) is -3.27. The first-order chi connectivity index (χ1) is 9.80. The van der Waals surface area contributed by atoms with Crippen molar-refractivity contribution in [3.05, 3.63) is 47.7 Å². The minimum Gasteiger partial charge on any atom is -0.451 e. The van der Waals surface area contributed by atoms with Crippen LogP contribution in [0.1, 0.15) is 10.6 Å². The van der Waals surface area contributed by atoms with Gasteiger partial charge in [0.25, 0.3) is 5.91 Å². The van der Waals surface area contributed by atoms with Crippen LogP contribution >= 0.6 is 11.6 Å². The van der Waals surface area contributed by atoms with Crippen LogP contribution < -0.4 is 0 Å². The summed E-state index contributed by atoms with van der Waals surface area (Å²) in [5.74, 6) is -1.02. The summed E-state index contributed by atoms with van der Waals surface area (Å²) < 4.78 is 42.7. The molecule has 0 fully saturated rings. The minimum absolute atomic E-state index is 0.168. The lowest BCUT2D eigenvalue weighted by atomic mass is 10.2. The van der Waals surface area contributed by atoms with Crippen molar-refractivity contribution in [1.29, 1.82) is 0 Å². The molecule has 2 aromatic rings. The van der Waals surface area contributed by atoms with Crippen molar-refractivity contribution in [3.8, 4) is 0 Å². The maximum Gasteiger partial charge on any atom is 0.406 e. The first-order valence-electron chi connectivity index (χ1n) is 5.96. The Kier molecular flexibility index (Phi) is 4.27. The molecule has 0 aliphatic rings. The fraction of sp³-hybridized carbons (Fsp3) is 0.214. The van der Waals surface area contributed by atoms with Crippen LogP contribution in [-0.4, -0.2) is 30.1 Å². The molecule has 0 spiro atoms. The molecular weight excluding hydrogens is 307 g/mol. The molecular formula is C14H11ClF3NO2. The van der Waals surface area contributed by atoms with Crippen molar-refractivity contribution in [2.75, 3.05) is 13.1 Å². The van der Waals surface area contributed by atoms with Crippen LogP contribution in [-0.2, 0) is 0 Å². The molecule has 0 saturated heterocycles. The summed E-state index contributed by atoms with van der Waals surface area (Å²) in [4.78, 5) is 12.7. The molecule has 0 bridgehead atoms. The zero-order valence-corrected chi connectivity index (χ0v) is 11.5. The zero-order chi connectivity index (χ0) is 15.6. The van der Waals surface area contributed by atoms with E-state index in [1.807, 2.05) is 0 Å². The average molecular weight is 318 g/mol. The molecule has 0 N–H and O–H groups in total. The molecule has 0 unspecified atom stereocenters. The van der Waals surface area contributed by atoms with Gasteiger partial charge in [-0.3, -0.25) is 4.79 Å². The maximum absolute atomic E-state index is 12.5. The van der Waals surface area contributed by atoms with Crippen LogP contribution in [0.3, 0.4) is 0 Å². The van der Waals surface area contributed by atoms with Gasteiger partial charge in [-0.2, -0.15) is 13.2 Å². The Morgan fingerprint density at radius 2 is 2.10 bits per heavy atom. The summed E-state index contributed by atoms with van der Waals surface area (Å²) in [6.45, 7) is 1.76. The van der Waals surface area contributed by atoms with Crippen LogP contribution in [0.4, 0.5) is 13.2 Å². The van der Waals surface area contributed by atoms with Gasteiger partial charge >= 0.3 is 6.18 Å². The third kappa shape index (κ3) is 3.78. The van der Waals surface area contributed by atoms with Gasteiger partial charge in [-0.05, 0) is 24.3 Å². The van der Waals surface area contributed by atoms with Gasteiger partial charge < -0.3 is 9.32 Å². The van der Waals surface area contributed by atoms with Gasteiger partial charge in [0.15, 0.2) is 5.76 Å². The van der Waals surface area contributed by atoms with E-state index in [4.69, 9.17) is 16.0 Å². The van der Waals surface area contributed by atoms with Crippen molar-refractivity contribution in [2.24, 2.45) is 0 Å². The molecule has 0 saturated carbocycles. The van der Waals surface area contributed by atoms with Gasteiger partial charge in [0, 0.05) is 17.0 Å². The molecule has 0 atom stereocenters. The lowest BCUT2D eigenvalue weighted by Crippen LogP contribution is -2.38. The number of alkyl halides is 3. The Morgan fingerprint density at radius 1 is 1.38 bits per heavy atom. The number of hydrogen-bond acceptors (Lipinski definition) is 2. The number of halogens is 4. The molecule has 0 radical (unpaired) electrons. The number of furan rings is 1. The van der Waals surface area contributed by atoms with E-state index in [2.05, 4.69) is 6.58 Å². The Labute approximate surface area is 123 Å². The van der Waals surface area contributed by atoms with Gasteiger partial charge in [0.2, 0.25) is 0 Å². The molecule has 1 aromatic heterocycles. The summed E-state index contributed by atoms with van der Waals surface area (Å²) in [5, 5.41) is 0.997. The average Bonchev–Trinajstić information content (AvgIpc) is 2.78. The third-order valence-corrected chi connectivity index (χ3v) is 2.93. The molecule has 0 aliphatic carbocycles. The Bertz CT molecular complexity index is 678. The van der Waals surface area contributed by atoms with Crippen molar-refractivity contribution in [3.63, 3.8) is 0 Å². The van der Waals surface area contributed by atoms with Crippen molar-refractivity contribution in [2.45, 2.75) is 6.18 Å². The topological polar surface area (TPSA) is 33.5 Å². The number of hydrogen-bond donors (Lipinski definition) is 0. The van der Waals surface area contributed by atoms with E-state index in [-0.39, 0.29) is 12.3 Å². The monoisotopic (exact) mass is 317 g/mol. The van der Waals surface area contributed by atoms with Crippen LogP contribution in [0.15, 0.2) is 41.3 Å². The van der Waals surface area contributed by atoms with E-state index in [0.29, 0.717) is 20.9 Å². The largest absolute Gasteiger partial charge is 0.451 e. The molecule has 112 valence electrons. The molecule has 1 heterocycles. The first kappa shape index (κ1) is 15.4. The minimum atomic E-state index is -4.49. The van der Waals surface area contributed by atoms with E-state index in [1.54, 1.807) is 18.2 Å². The summed E-state index contributed by atoms with van der Waals surface area (Å²) in [5.41, 5.74) is 0.383.